The molecule has 1 saturated heterocycles. The highest BCUT2D eigenvalue weighted by atomic mass is 31.2. The van der Waals surface area contributed by atoms with E-state index >= 15 is 0 Å². The van der Waals surface area contributed by atoms with Crippen molar-refractivity contribution in [1.29, 1.82) is 0 Å². The van der Waals surface area contributed by atoms with Crippen molar-refractivity contribution < 1.29 is 43.0 Å². The fourth-order valence-electron chi connectivity index (χ4n) is 2.98. The molecule has 1 aromatic carbocycles. The van der Waals surface area contributed by atoms with Crippen LogP contribution in [0.25, 0.3) is 0 Å². The van der Waals surface area contributed by atoms with Gasteiger partial charge in [0.1, 0.15) is 18.1 Å². The van der Waals surface area contributed by atoms with E-state index < -0.39 is 57.7 Å². The van der Waals surface area contributed by atoms with E-state index in [1.165, 1.54) is 12.3 Å². The maximum atomic E-state index is 12.4. The summed E-state index contributed by atoms with van der Waals surface area (Å²) < 4.78 is 33.8. The van der Waals surface area contributed by atoms with Gasteiger partial charge >= 0.3 is 20.9 Å². The molecule has 15 heteroatoms. The van der Waals surface area contributed by atoms with Crippen LogP contribution in [0.5, 0.6) is 0 Å². The molecule has 4 atom stereocenters. The lowest BCUT2D eigenvalue weighted by molar-refractivity contribution is -0.0422. The van der Waals surface area contributed by atoms with Crippen molar-refractivity contribution in [3.8, 4) is 0 Å². The molecular weight excluding hydrogens is 468 g/mol. The average molecular weight is 489 g/mol. The molecule has 0 aliphatic carbocycles. The lowest BCUT2D eigenvalue weighted by Crippen LogP contribution is -2.29. The summed E-state index contributed by atoms with van der Waals surface area (Å²) in [6.07, 6.45) is -2.04. The van der Waals surface area contributed by atoms with E-state index in [4.69, 9.17) is 14.5 Å². The molecule has 13 nitrogen and oxygen atoms in total. The molecule has 1 aliphatic heterocycles. The molecule has 5 N–H and O–H groups in total. The number of carbonyl (C=O) groups is 1. The second-order valence-electron chi connectivity index (χ2n) is 6.99. The molecule has 1 fully saturated rings. The van der Waals surface area contributed by atoms with Gasteiger partial charge in [0.15, 0.2) is 5.90 Å². The Balaban J connectivity index is 1.62. The van der Waals surface area contributed by atoms with Crippen LogP contribution >= 0.6 is 15.2 Å². The molecule has 2 heterocycles. The minimum Gasteiger partial charge on any atom is -0.390 e. The van der Waals surface area contributed by atoms with E-state index in [-0.39, 0.29) is 12.2 Å². The maximum absolute atomic E-state index is 12.4. The van der Waals surface area contributed by atoms with Gasteiger partial charge in [-0.05, 0) is 18.2 Å². The van der Waals surface area contributed by atoms with Gasteiger partial charge in [-0.1, -0.05) is 18.2 Å². The number of rotatable bonds is 8. The molecular formula is C17H21N3O10P2. The first kappa shape index (κ1) is 24.4. The number of hydrogen-bond acceptors (Lipinski definition) is 8. The van der Waals surface area contributed by atoms with E-state index in [0.717, 1.165) is 4.57 Å². The molecule has 1 aromatic heterocycles. The fraction of sp³-hybridized carbons (Fsp3) is 0.353. The summed E-state index contributed by atoms with van der Waals surface area (Å²) >= 11 is 0. The Morgan fingerprint density at radius 1 is 1.22 bits per heavy atom. The van der Waals surface area contributed by atoms with Gasteiger partial charge in [-0.15, -0.1) is 0 Å². The smallest absolute Gasteiger partial charge is 0.351 e. The van der Waals surface area contributed by atoms with Gasteiger partial charge in [-0.3, -0.25) is 18.5 Å². The number of anilines is 1. The van der Waals surface area contributed by atoms with Crippen molar-refractivity contribution in [3.05, 3.63) is 58.6 Å². The molecule has 0 spiro atoms. The van der Waals surface area contributed by atoms with E-state index in [2.05, 4.69) is 14.8 Å². The van der Waals surface area contributed by atoms with Crippen LogP contribution in [0.3, 0.4) is 0 Å². The van der Waals surface area contributed by atoms with Gasteiger partial charge in [-0.25, -0.2) is 4.79 Å². The summed E-state index contributed by atoms with van der Waals surface area (Å²) in [4.78, 5) is 55.4. The molecule has 2 aromatic rings. The van der Waals surface area contributed by atoms with Crippen molar-refractivity contribution in [2.24, 2.45) is 0 Å². The van der Waals surface area contributed by atoms with E-state index in [0.29, 0.717) is 5.56 Å². The third-order valence-electron chi connectivity index (χ3n) is 4.43. The zero-order chi connectivity index (χ0) is 23.5. The molecule has 2 unspecified atom stereocenters. The first-order valence-corrected chi connectivity index (χ1v) is 12.8. The summed E-state index contributed by atoms with van der Waals surface area (Å²) in [5.74, 6) is -1.81. The summed E-state index contributed by atoms with van der Waals surface area (Å²) in [5, 5.41) is 12.6. The Morgan fingerprint density at radius 3 is 2.53 bits per heavy atom. The lowest BCUT2D eigenvalue weighted by Gasteiger charge is -2.18. The Labute approximate surface area is 181 Å². The summed E-state index contributed by atoms with van der Waals surface area (Å²) in [7, 11) is -9.41. The van der Waals surface area contributed by atoms with Crippen LogP contribution in [-0.4, -0.2) is 60.0 Å². The van der Waals surface area contributed by atoms with Crippen LogP contribution in [0, 0.1) is 0 Å². The minimum atomic E-state index is -4.79. The van der Waals surface area contributed by atoms with Gasteiger partial charge in [-0.2, -0.15) is 4.98 Å². The molecule has 174 valence electrons. The summed E-state index contributed by atoms with van der Waals surface area (Å²) in [6, 6.07) is 9.68. The second kappa shape index (κ2) is 9.74. The zero-order valence-electron chi connectivity index (χ0n) is 16.4. The molecule has 1 amide bonds. The fourth-order valence-corrected chi connectivity index (χ4v) is 5.55. The van der Waals surface area contributed by atoms with Gasteiger partial charge < -0.3 is 34.4 Å². The number of nitrogens with one attached hydrogen (secondary N) is 1. The molecule has 32 heavy (non-hydrogen) atoms. The standard InChI is InChI=1S/C17H21N3O10P2/c21-12-8-15(30-13(12)9-29-32(27,28)10-31(24,25)26)20-7-6-14(19-17(20)23)18-16(22)11-4-2-1-3-5-11/h1-7,12-13,15,21H,8-10H2,(H,27,28)(H2,24,25,26)(H,18,19,22,23)/t12?,13-,15-/m1/s1. The highest BCUT2D eigenvalue weighted by Crippen LogP contribution is 2.55. The van der Waals surface area contributed by atoms with Crippen LogP contribution < -0.4 is 11.0 Å². The largest absolute Gasteiger partial charge is 0.390 e. The quantitative estimate of drug-likeness (QED) is 0.323. The number of aromatic nitrogens is 2. The Hall–Kier alpha value is -2.21. The SMILES string of the molecule is O=C(Nc1ccn([C@H]2CC(O)[C@@H](COP(=O)(O)CP(=O)(O)O)O2)c(=O)n1)c1ccccc1. The van der Waals surface area contributed by atoms with Crippen LogP contribution in [0.2, 0.25) is 0 Å². The van der Waals surface area contributed by atoms with Gasteiger partial charge in [0.05, 0.1) is 12.7 Å². The van der Waals surface area contributed by atoms with Gasteiger partial charge in [0, 0.05) is 18.2 Å². The summed E-state index contributed by atoms with van der Waals surface area (Å²) in [6.45, 7) is -0.626. The average Bonchev–Trinajstić information content (AvgIpc) is 3.06. The minimum absolute atomic E-state index is 0.0113. The number of hydrogen-bond donors (Lipinski definition) is 5. The first-order chi connectivity index (χ1) is 14.9. The van der Waals surface area contributed by atoms with Crippen LogP contribution in [0.1, 0.15) is 23.0 Å². The lowest BCUT2D eigenvalue weighted by atomic mass is 10.2. The van der Waals surface area contributed by atoms with Crippen molar-refractivity contribution in [3.63, 3.8) is 0 Å². The maximum Gasteiger partial charge on any atom is 0.351 e. The van der Waals surface area contributed by atoms with Crippen molar-refractivity contribution >= 4 is 26.9 Å². The molecule has 0 bridgehead atoms. The Kier molecular flexibility index (Phi) is 7.43. The third kappa shape index (κ3) is 6.64. The third-order valence-corrected chi connectivity index (χ3v) is 7.88. The number of aliphatic hydroxyl groups is 1. The van der Waals surface area contributed by atoms with Gasteiger partial charge in [0.25, 0.3) is 5.91 Å². The second-order valence-corrected chi connectivity index (χ2v) is 11.0. The number of benzene rings is 1. The van der Waals surface area contributed by atoms with Crippen molar-refractivity contribution in [2.75, 3.05) is 17.8 Å². The normalized spacial score (nSPS) is 22.9. The number of carbonyl (C=O) groups excluding carboxylic acids is 1. The monoisotopic (exact) mass is 489 g/mol. The van der Waals surface area contributed by atoms with E-state index in [1.807, 2.05) is 0 Å². The van der Waals surface area contributed by atoms with Crippen LogP contribution in [0.4, 0.5) is 5.82 Å². The Bertz CT molecular complexity index is 1120. The topological polar surface area (TPSA) is 198 Å². The predicted molar refractivity (Wildman–Crippen MR) is 110 cm³/mol. The van der Waals surface area contributed by atoms with E-state index in [1.54, 1.807) is 30.3 Å². The molecule has 1 aliphatic rings. The number of amides is 1. The molecule has 3 rings (SSSR count). The van der Waals surface area contributed by atoms with Crippen molar-refractivity contribution in [2.45, 2.75) is 24.9 Å². The van der Waals surface area contributed by atoms with Crippen LogP contribution in [0.15, 0.2) is 47.4 Å². The summed E-state index contributed by atoms with van der Waals surface area (Å²) in [5.41, 5.74) is -0.396. The first-order valence-electron chi connectivity index (χ1n) is 9.23. The highest BCUT2D eigenvalue weighted by Gasteiger charge is 2.38. The number of aliphatic hydroxyl groups excluding tert-OH is 1. The number of ether oxygens (including phenoxy) is 1. The predicted octanol–water partition coefficient (Wildman–Crippen LogP) is 0.481. The Morgan fingerprint density at radius 2 is 1.91 bits per heavy atom. The molecule has 0 saturated carbocycles. The van der Waals surface area contributed by atoms with E-state index in [9.17, 15) is 28.7 Å². The molecule has 0 radical (unpaired) electrons. The number of nitrogens with zero attached hydrogens (tertiary/aromatic N) is 2. The van der Waals surface area contributed by atoms with Crippen molar-refractivity contribution in [1.82, 2.24) is 9.55 Å². The van der Waals surface area contributed by atoms with Gasteiger partial charge in [0.2, 0.25) is 0 Å². The zero-order valence-corrected chi connectivity index (χ0v) is 18.2. The van der Waals surface area contributed by atoms with Crippen LogP contribution in [-0.2, 0) is 18.4 Å². The highest BCUT2D eigenvalue weighted by molar-refractivity contribution is 7.70.